The molecule has 0 unspecified atom stereocenters. The van der Waals surface area contributed by atoms with Gasteiger partial charge < -0.3 is 10.1 Å². The highest BCUT2D eigenvalue weighted by molar-refractivity contribution is 5.74. The molecular formula is C8H8F3N3O2. The summed E-state index contributed by atoms with van der Waals surface area (Å²) in [5.74, 6) is -1.31. The number of carboxylic acid groups (broad SMARTS) is 1. The van der Waals surface area contributed by atoms with Gasteiger partial charge in [-0.05, 0) is 0 Å². The number of aromatic nitrogens is 2. The van der Waals surface area contributed by atoms with E-state index < -0.39 is 24.2 Å². The minimum Gasteiger partial charge on any atom is -0.480 e. The van der Waals surface area contributed by atoms with Crippen LogP contribution in [0.1, 0.15) is 17.4 Å². The van der Waals surface area contributed by atoms with E-state index >= 15 is 0 Å². The predicted molar refractivity (Wildman–Crippen MR) is 45.6 cm³/mol. The molecule has 1 aliphatic heterocycles. The van der Waals surface area contributed by atoms with Crippen LogP contribution in [0.4, 0.5) is 13.2 Å². The zero-order valence-electron chi connectivity index (χ0n) is 7.88. The van der Waals surface area contributed by atoms with Crippen LogP contribution in [0.3, 0.4) is 0 Å². The van der Waals surface area contributed by atoms with E-state index in [1.165, 1.54) is 0 Å². The lowest BCUT2D eigenvalue weighted by Crippen LogP contribution is -2.49. The van der Waals surface area contributed by atoms with Gasteiger partial charge in [0.2, 0.25) is 0 Å². The molecule has 1 aromatic heterocycles. The Morgan fingerprint density at radius 1 is 1.56 bits per heavy atom. The van der Waals surface area contributed by atoms with Crippen molar-refractivity contribution in [2.75, 3.05) is 0 Å². The van der Waals surface area contributed by atoms with E-state index in [0.717, 1.165) is 6.33 Å². The fourth-order valence-electron chi connectivity index (χ4n) is 1.70. The van der Waals surface area contributed by atoms with Crippen molar-refractivity contribution in [3.8, 4) is 0 Å². The van der Waals surface area contributed by atoms with Gasteiger partial charge in [0.05, 0.1) is 12.0 Å². The van der Waals surface area contributed by atoms with Crippen LogP contribution in [0.5, 0.6) is 0 Å². The van der Waals surface area contributed by atoms with Crippen molar-refractivity contribution in [3.63, 3.8) is 0 Å². The molecule has 1 aromatic rings. The first kappa shape index (κ1) is 10.9. The molecule has 0 aliphatic carbocycles. The molecule has 0 saturated carbocycles. The minimum atomic E-state index is -4.56. The Bertz CT molecular complexity index is 415. The molecule has 5 nitrogen and oxygen atoms in total. The van der Waals surface area contributed by atoms with Crippen molar-refractivity contribution in [3.05, 3.63) is 17.7 Å². The molecule has 2 heterocycles. The zero-order valence-corrected chi connectivity index (χ0v) is 7.88. The normalized spacial score (nSPS) is 25.2. The molecule has 0 spiro atoms. The Labute approximate surface area is 87.7 Å². The van der Waals surface area contributed by atoms with E-state index in [0.29, 0.717) is 0 Å². The van der Waals surface area contributed by atoms with Gasteiger partial charge in [-0.2, -0.15) is 13.2 Å². The lowest BCUT2D eigenvalue weighted by atomic mass is 9.99. The van der Waals surface area contributed by atoms with Crippen molar-refractivity contribution in [2.45, 2.75) is 24.7 Å². The summed E-state index contributed by atoms with van der Waals surface area (Å²) in [5.41, 5.74) is 0.0403. The van der Waals surface area contributed by atoms with Crippen molar-refractivity contribution in [2.24, 2.45) is 0 Å². The number of rotatable bonds is 1. The topological polar surface area (TPSA) is 78.0 Å². The second-order valence-corrected chi connectivity index (χ2v) is 3.50. The van der Waals surface area contributed by atoms with Gasteiger partial charge in [0.15, 0.2) is 0 Å². The van der Waals surface area contributed by atoms with Gasteiger partial charge in [0.25, 0.3) is 0 Å². The molecule has 0 saturated heterocycles. The highest BCUT2D eigenvalue weighted by Gasteiger charge is 2.47. The Kier molecular flexibility index (Phi) is 2.38. The number of imidazole rings is 1. The van der Waals surface area contributed by atoms with E-state index in [-0.39, 0.29) is 17.8 Å². The average Bonchev–Trinajstić information content (AvgIpc) is 2.61. The van der Waals surface area contributed by atoms with E-state index in [9.17, 15) is 18.0 Å². The average molecular weight is 235 g/mol. The number of carbonyl (C=O) groups is 1. The Morgan fingerprint density at radius 2 is 2.25 bits per heavy atom. The molecule has 2 atom stereocenters. The molecule has 1 aliphatic rings. The first-order valence-electron chi connectivity index (χ1n) is 4.47. The van der Waals surface area contributed by atoms with Gasteiger partial charge in [-0.25, -0.2) is 4.98 Å². The summed E-state index contributed by atoms with van der Waals surface area (Å²) >= 11 is 0. The molecule has 8 heteroatoms. The Balaban J connectivity index is 2.37. The van der Waals surface area contributed by atoms with Gasteiger partial charge in [0, 0.05) is 12.1 Å². The maximum absolute atomic E-state index is 12.6. The zero-order chi connectivity index (χ0) is 11.9. The third kappa shape index (κ3) is 1.75. The maximum atomic E-state index is 12.6. The summed E-state index contributed by atoms with van der Waals surface area (Å²) < 4.78 is 37.9. The summed E-state index contributed by atoms with van der Waals surface area (Å²) in [6.45, 7) is 0. The highest BCUT2D eigenvalue weighted by Crippen LogP contribution is 2.36. The van der Waals surface area contributed by atoms with Crippen LogP contribution in [-0.2, 0) is 11.2 Å². The molecular weight excluding hydrogens is 227 g/mol. The summed E-state index contributed by atoms with van der Waals surface area (Å²) in [5, 5.41) is 10.7. The fourth-order valence-corrected chi connectivity index (χ4v) is 1.70. The number of hydrogen-bond donors (Lipinski definition) is 3. The first-order valence-corrected chi connectivity index (χ1v) is 4.47. The maximum Gasteiger partial charge on any atom is 0.409 e. The minimum absolute atomic E-state index is 0.0305. The number of hydrogen-bond acceptors (Lipinski definition) is 3. The van der Waals surface area contributed by atoms with Gasteiger partial charge in [-0.1, -0.05) is 0 Å². The lowest BCUT2D eigenvalue weighted by Gasteiger charge is -2.29. The molecule has 88 valence electrons. The number of nitrogens with zero attached hydrogens (tertiary/aromatic N) is 1. The van der Waals surface area contributed by atoms with Gasteiger partial charge in [-0.15, -0.1) is 0 Å². The summed E-state index contributed by atoms with van der Waals surface area (Å²) in [4.78, 5) is 16.8. The molecule has 0 fully saturated rings. The van der Waals surface area contributed by atoms with Gasteiger partial charge >= 0.3 is 12.1 Å². The molecule has 16 heavy (non-hydrogen) atoms. The lowest BCUT2D eigenvalue weighted by molar-refractivity contribution is -0.165. The molecule has 2 rings (SSSR count). The third-order valence-electron chi connectivity index (χ3n) is 2.43. The fraction of sp³-hybridized carbons (Fsp3) is 0.500. The SMILES string of the molecule is O=C(O)[C@H]1Cc2[nH]cnc2[C@H](C(F)(F)F)N1. The summed E-state index contributed by atoms with van der Waals surface area (Å²) in [7, 11) is 0. The molecule has 0 aromatic carbocycles. The first-order chi connectivity index (χ1) is 7.39. The molecule has 3 N–H and O–H groups in total. The van der Waals surface area contributed by atoms with Crippen LogP contribution in [0, 0.1) is 0 Å². The van der Waals surface area contributed by atoms with Crippen LogP contribution in [-0.4, -0.2) is 33.3 Å². The number of nitrogens with one attached hydrogen (secondary N) is 2. The van der Waals surface area contributed by atoms with Crippen molar-refractivity contribution >= 4 is 5.97 Å². The highest BCUT2D eigenvalue weighted by atomic mass is 19.4. The largest absolute Gasteiger partial charge is 0.480 e. The third-order valence-corrected chi connectivity index (χ3v) is 2.43. The number of alkyl halides is 3. The van der Waals surface area contributed by atoms with Crippen LogP contribution in [0.15, 0.2) is 6.33 Å². The van der Waals surface area contributed by atoms with Crippen molar-refractivity contribution in [1.82, 2.24) is 15.3 Å². The molecule has 0 radical (unpaired) electrons. The summed E-state index contributed by atoms with van der Waals surface area (Å²) in [6.07, 6.45) is -3.45. The van der Waals surface area contributed by atoms with Gasteiger partial charge in [-0.3, -0.25) is 10.1 Å². The molecule has 0 amide bonds. The molecule has 0 bridgehead atoms. The number of halogens is 3. The standard InChI is InChI=1S/C8H8F3N3O2/c9-8(10,11)6-5-3(12-2-13-5)1-4(14-6)7(15)16/h2,4,6,14H,1H2,(H,12,13)(H,15,16)/t4-,6-/m1/s1. The van der Waals surface area contributed by atoms with E-state index in [2.05, 4.69) is 9.97 Å². The quantitative estimate of drug-likeness (QED) is 0.666. The van der Waals surface area contributed by atoms with Crippen LogP contribution in [0.25, 0.3) is 0 Å². The monoisotopic (exact) mass is 235 g/mol. The van der Waals surface area contributed by atoms with Crippen LogP contribution in [0.2, 0.25) is 0 Å². The number of carboxylic acids is 1. The van der Waals surface area contributed by atoms with Crippen molar-refractivity contribution < 1.29 is 23.1 Å². The second kappa shape index (κ2) is 3.48. The predicted octanol–water partition coefficient (Wildman–Crippen LogP) is 0.612. The Morgan fingerprint density at radius 3 is 2.81 bits per heavy atom. The van der Waals surface area contributed by atoms with Crippen LogP contribution < -0.4 is 5.32 Å². The summed E-state index contributed by atoms with van der Waals surface area (Å²) in [6, 6.07) is -3.27. The van der Waals surface area contributed by atoms with E-state index in [1.807, 2.05) is 5.32 Å². The number of aromatic amines is 1. The smallest absolute Gasteiger partial charge is 0.409 e. The number of aliphatic carboxylic acids is 1. The van der Waals surface area contributed by atoms with Crippen molar-refractivity contribution in [1.29, 1.82) is 0 Å². The van der Waals surface area contributed by atoms with Crippen LogP contribution >= 0.6 is 0 Å². The van der Waals surface area contributed by atoms with E-state index in [1.54, 1.807) is 0 Å². The number of H-pyrrole nitrogens is 1. The second-order valence-electron chi connectivity index (χ2n) is 3.50. The Hall–Kier alpha value is -1.57. The number of fused-ring (bicyclic) bond motifs is 1. The van der Waals surface area contributed by atoms with E-state index in [4.69, 9.17) is 5.11 Å². The van der Waals surface area contributed by atoms with Gasteiger partial charge in [0.1, 0.15) is 12.1 Å².